The fourth-order valence-electron chi connectivity index (χ4n) is 1.58. The van der Waals surface area contributed by atoms with Gasteiger partial charge in [0, 0.05) is 0 Å². The number of amides is 2. The van der Waals surface area contributed by atoms with Crippen LogP contribution in [0.2, 0.25) is 0 Å². The number of benzene rings is 1. The zero-order chi connectivity index (χ0) is 11.5. The van der Waals surface area contributed by atoms with Gasteiger partial charge in [-0.15, -0.1) is 11.8 Å². The van der Waals surface area contributed by atoms with Crippen LogP contribution in [0.5, 0.6) is 0 Å². The summed E-state index contributed by atoms with van der Waals surface area (Å²) in [4.78, 5) is 24.4. The zero-order valence-corrected chi connectivity index (χ0v) is 9.37. The van der Waals surface area contributed by atoms with Crippen LogP contribution in [-0.4, -0.2) is 28.4 Å². The monoisotopic (exact) mass is 237 g/mol. The van der Waals surface area contributed by atoms with E-state index in [2.05, 4.69) is 0 Å². The molecular weight excluding hydrogens is 226 g/mol. The summed E-state index contributed by atoms with van der Waals surface area (Å²) < 4.78 is 0. The van der Waals surface area contributed by atoms with Gasteiger partial charge in [-0.3, -0.25) is 9.59 Å². The lowest BCUT2D eigenvalue weighted by Gasteiger charge is -2.24. The summed E-state index contributed by atoms with van der Waals surface area (Å²) in [5.74, 6) is 0.261. The molecule has 1 fully saturated rings. The lowest BCUT2D eigenvalue weighted by molar-refractivity contribution is -0.124. The van der Waals surface area contributed by atoms with E-state index in [0.29, 0.717) is 22.8 Å². The second-order valence-electron chi connectivity index (χ2n) is 3.44. The average molecular weight is 237 g/mol. The molecule has 1 aliphatic rings. The van der Waals surface area contributed by atoms with Crippen molar-refractivity contribution in [3.05, 3.63) is 29.8 Å². The summed E-state index contributed by atoms with van der Waals surface area (Å²) in [6.45, 7) is -0.0984. The molecule has 5 heteroatoms. The molecule has 4 nitrogen and oxygen atoms in total. The third-order valence-corrected chi connectivity index (χ3v) is 3.20. The van der Waals surface area contributed by atoms with Crippen molar-refractivity contribution in [2.75, 3.05) is 16.4 Å². The van der Waals surface area contributed by atoms with E-state index < -0.39 is 0 Å². The van der Waals surface area contributed by atoms with Gasteiger partial charge in [0.05, 0.1) is 23.8 Å². The van der Waals surface area contributed by atoms with Crippen molar-refractivity contribution >= 4 is 29.3 Å². The molecule has 0 radical (unpaired) electrons. The maximum absolute atomic E-state index is 11.6. The number of carbonyl (C=O) groups excluding carboxylic acids is 2. The van der Waals surface area contributed by atoms with Gasteiger partial charge < -0.3 is 5.11 Å². The molecule has 2 amide bonds. The minimum absolute atomic E-state index is 0.0984. The van der Waals surface area contributed by atoms with Crippen LogP contribution in [0.25, 0.3) is 0 Å². The van der Waals surface area contributed by atoms with Crippen LogP contribution in [-0.2, 0) is 16.2 Å². The number of hydrogen-bond donors (Lipinski definition) is 1. The highest BCUT2D eigenvalue weighted by molar-refractivity contribution is 8.00. The number of aliphatic hydroxyl groups excluding tert-OH is 1. The fraction of sp³-hybridized carbons (Fsp3) is 0.273. The van der Waals surface area contributed by atoms with E-state index in [1.165, 1.54) is 16.7 Å². The molecule has 1 saturated heterocycles. The third kappa shape index (κ3) is 2.10. The largest absolute Gasteiger partial charge is 0.392 e. The second kappa shape index (κ2) is 4.67. The SMILES string of the molecule is O=C1CSCC(=O)N1c1cccc(CO)c1. The Morgan fingerprint density at radius 2 is 1.94 bits per heavy atom. The molecule has 2 rings (SSSR count). The number of nitrogens with zero attached hydrogens (tertiary/aromatic N) is 1. The Bertz CT molecular complexity index is 417. The quantitative estimate of drug-likeness (QED) is 0.772. The van der Waals surface area contributed by atoms with E-state index in [1.54, 1.807) is 24.3 Å². The zero-order valence-electron chi connectivity index (χ0n) is 8.55. The van der Waals surface area contributed by atoms with Crippen LogP contribution in [0.4, 0.5) is 5.69 Å². The minimum Gasteiger partial charge on any atom is -0.392 e. The molecule has 0 bridgehead atoms. The van der Waals surface area contributed by atoms with Gasteiger partial charge in [0.15, 0.2) is 0 Å². The summed E-state index contributed by atoms with van der Waals surface area (Å²) in [7, 11) is 0. The highest BCUT2D eigenvalue weighted by Crippen LogP contribution is 2.22. The molecule has 1 aromatic carbocycles. The number of hydrogen-bond acceptors (Lipinski definition) is 4. The number of rotatable bonds is 2. The predicted molar refractivity (Wildman–Crippen MR) is 62.2 cm³/mol. The van der Waals surface area contributed by atoms with E-state index in [9.17, 15) is 9.59 Å². The second-order valence-corrected chi connectivity index (χ2v) is 4.43. The highest BCUT2D eigenvalue weighted by Gasteiger charge is 2.27. The van der Waals surface area contributed by atoms with Crippen LogP contribution in [0.1, 0.15) is 5.56 Å². The average Bonchev–Trinajstić information content (AvgIpc) is 2.29. The minimum atomic E-state index is -0.198. The summed E-state index contributed by atoms with van der Waals surface area (Å²) in [6, 6.07) is 6.83. The summed E-state index contributed by atoms with van der Waals surface area (Å²) in [5.41, 5.74) is 1.23. The number of aliphatic hydroxyl groups is 1. The van der Waals surface area contributed by atoms with E-state index in [-0.39, 0.29) is 18.4 Å². The molecule has 84 valence electrons. The molecule has 1 aromatic rings. The van der Waals surface area contributed by atoms with Crippen molar-refractivity contribution in [1.29, 1.82) is 0 Å². The van der Waals surface area contributed by atoms with Gasteiger partial charge in [-0.1, -0.05) is 12.1 Å². The van der Waals surface area contributed by atoms with Crippen molar-refractivity contribution in [2.45, 2.75) is 6.61 Å². The molecule has 0 unspecified atom stereocenters. The van der Waals surface area contributed by atoms with Gasteiger partial charge in [-0.05, 0) is 17.7 Å². The lowest BCUT2D eigenvalue weighted by atomic mass is 10.2. The predicted octanol–water partition coefficient (Wildman–Crippen LogP) is 0.785. The van der Waals surface area contributed by atoms with Crippen molar-refractivity contribution < 1.29 is 14.7 Å². The Labute approximate surface area is 97.3 Å². The Morgan fingerprint density at radius 3 is 2.56 bits per heavy atom. The van der Waals surface area contributed by atoms with E-state index in [4.69, 9.17) is 5.11 Å². The van der Waals surface area contributed by atoms with E-state index in [1.807, 2.05) is 0 Å². The first-order valence-corrected chi connectivity index (χ1v) is 6.01. The number of imide groups is 1. The fourth-order valence-corrected chi connectivity index (χ4v) is 2.29. The van der Waals surface area contributed by atoms with Crippen molar-refractivity contribution in [3.63, 3.8) is 0 Å². The van der Waals surface area contributed by atoms with Crippen LogP contribution in [0, 0.1) is 0 Å². The Morgan fingerprint density at radius 1 is 1.25 bits per heavy atom. The van der Waals surface area contributed by atoms with Crippen LogP contribution >= 0.6 is 11.8 Å². The van der Waals surface area contributed by atoms with Crippen LogP contribution in [0.15, 0.2) is 24.3 Å². The van der Waals surface area contributed by atoms with Crippen molar-refractivity contribution in [2.24, 2.45) is 0 Å². The Kier molecular flexibility index (Phi) is 3.26. The molecule has 16 heavy (non-hydrogen) atoms. The molecule has 0 aliphatic carbocycles. The van der Waals surface area contributed by atoms with Gasteiger partial charge in [-0.2, -0.15) is 0 Å². The first kappa shape index (κ1) is 11.2. The normalized spacial score (nSPS) is 16.7. The molecular formula is C11H11NO3S. The molecule has 0 atom stereocenters. The molecule has 0 saturated carbocycles. The van der Waals surface area contributed by atoms with Gasteiger partial charge >= 0.3 is 0 Å². The number of anilines is 1. The maximum atomic E-state index is 11.6. The van der Waals surface area contributed by atoms with Crippen LogP contribution in [0.3, 0.4) is 0 Å². The summed E-state index contributed by atoms with van der Waals surface area (Å²) in [6.07, 6.45) is 0. The number of carbonyl (C=O) groups is 2. The van der Waals surface area contributed by atoms with Crippen LogP contribution < -0.4 is 4.90 Å². The molecule has 0 aromatic heterocycles. The third-order valence-electron chi connectivity index (χ3n) is 2.30. The Balaban J connectivity index is 2.33. The lowest BCUT2D eigenvalue weighted by Crippen LogP contribution is -2.43. The van der Waals surface area contributed by atoms with Gasteiger partial charge in [-0.25, -0.2) is 4.90 Å². The molecule has 0 spiro atoms. The topological polar surface area (TPSA) is 57.6 Å². The molecule has 1 heterocycles. The first-order chi connectivity index (χ1) is 7.72. The highest BCUT2D eigenvalue weighted by atomic mass is 32.2. The Hall–Kier alpha value is -1.33. The maximum Gasteiger partial charge on any atom is 0.243 e. The summed E-state index contributed by atoms with van der Waals surface area (Å²) >= 11 is 1.33. The van der Waals surface area contributed by atoms with E-state index >= 15 is 0 Å². The van der Waals surface area contributed by atoms with Gasteiger partial charge in [0.1, 0.15) is 0 Å². The standard InChI is InChI=1S/C11H11NO3S/c13-5-8-2-1-3-9(4-8)12-10(14)6-16-7-11(12)15/h1-4,13H,5-7H2. The van der Waals surface area contributed by atoms with Gasteiger partial charge in [0.25, 0.3) is 0 Å². The summed E-state index contributed by atoms with van der Waals surface area (Å²) in [5, 5.41) is 9.00. The van der Waals surface area contributed by atoms with E-state index in [0.717, 1.165) is 0 Å². The van der Waals surface area contributed by atoms with Gasteiger partial charge in [0.2, 0.25) is 11.8 Å². The number of thioether (sulfide) groups is 1. The van der Waals surface area contributed by atoms with Crippen molar-refractivity contribution in [3.8, 4) is 0 Å². The molecule has 1 N–H and O–H groups in total. The first-order valence-electron chi connectivity index (χ1n) is 4.85. The smallest absolute Gasteiger partial charge is 0.243 e. The van der Waals surface area contributed by atoms with Crippen molar-refractivity contribution in [1.82, 2.24) is 0 Å². The molecule has 1 aliphatic heterocycles.